The SMILES string of the molecule is COC(=O)c1ccc(C=O)c([N+](=O)[O-])c1.COC(=O)c1ccc(CN[C@@H]2[C@H](CO)N(CC3CC3)[C@@]3(C(=O)Nc4cc(Cl)ccc43)[C@H]2c2cccc(Cl)c2F)c([N+](=O)[O-])c1.N[C@@H]1[C@H](CO)N(CC2CC2)[C@@]2(C(=O)Nc3cc(Cl)ccc32)[C@H]1c1cccc(Cl)c1F. The zero-order valence-electron chi connectivity index (χ0n) is 47.5. The van der Waals surface area contributed by atoms with E-state index in [0.29, 0.717) is 57.8 Å². The van der Waals surface area contributed by atoms with Gasteiger partial charge in [-0.2, -0.15) is 0 Å². The molecule has 2 amide bonds. The predicted molar refractivity (Wildman–Crippen MR) is 325 cm³/mol. The van der Waals surface area contributed by atoms with E-state index in [1.807, 2.05) is 9.80 Å². The number of nitro benzene ring substituents is 2. The summed E-state index contributed by atoms with van der Waals surface area (Å²) < 4.78 is 40.4. The van der Waals surface area contributed by atoms with Gasteiger partial charge in [0, 0.05) is 99.8 Å². The number of nitrogens with zero attached hydrogens (tertiary/aromatic N) is 4. The van der Waals surface area contributed by atoms with Crippen molar-refractivity contribution in [1.82, 2.24) is 15.1 Å². The van der Waals surface area contributed by atoms with E-state index in [2.05, 4.69) is 20.7 Å². The zero-order valence-corrected chi connectivity index (χ0v) is 50.5. The Balaban J connectivity index is 0.000000166. The number of carbonyl (C=O) groups is 5. The summed E-state index contributed by atoms with van der Waals surface area (Å²) in [5, 5.41) is 53.7. The molecule has 6 aromatic carbocycles. The van der Waals surface area contributed by atoms with Crippen LogP contribution in [0.15, 0.2) is 109 Å². The number of anilines is 2. The summed E-state index contributed by atoms with van der Waals surface area (Å²) in [5.41, 5.74) is 6.28. The van der Waals surface area contributed by atoms with Crippen LogP contribution in [-0.4, -0.2) is 125 Å². The molecule has 4 aliphatic heterocycles. The first-order chi connectivity index (χ1) is 42.6. The van der Waals surface area contributed by atoms with Crippen LogP contribution in [0.25, 0.3) is 0 Å². The number of rotatable bonds is 16. The van der Waals surface area contributed by atoms with Gasteiger partial charge in [0.1, 0.15) is 22.7 Å². The number of esters is 2. The molecule has 0 radical (unpaired) electrons. The third-order valence-corrected chi connectivity index (χ3v) is 18.6. The average molecular weight is 1300 g/mol. The van der Waals surface area contributed by atoms with Crippen molar-refractivity contribution in [3.05, 3.63) is 206 Å². The standard InChI is InChI=1S/C31H29Cl2FN4O6.C22H22Cl2FN3O2.C9H7NO5/c1-44-29(40)17-7-8-18(24(11-17)38(42)43)13-35-28-25(15-39)37(14-16-5-6-16)31(26(28)20-3-2-4-22(33)27(20)34)21-10-9-19(32)12-23(21)36-30(31)41;23-12-6-7-14-16(8-12)27-21(30)22(14)18(13-2-1-3-15(24)19(13)25)20(26)17(10-29)28(22)9-11-4-5-11;1-15-9(12)6-2-3-7(5-11)8(4-6)10(13)14/h2-4,7-12,16,25-26,28,35,39H,5-6,13-15H2,1H3,(H,36,41);1-3,6-8,11,17-18,20,29H,4-5,9-10,26H2,(H,27,30);2-5H,1H3/t25-,26-,28+,31+;17-,18-,20+,22+;/m00./s1. The highest BCUT2D eigenvalue weighted by Gasteiger charge is 2.69. The molecule has 21 nitrogen and oxygen atoms in total. The van der Waals surface area contributed by atoms with Gasteiger partial charge in [-0.15, -0.1) is 0 Å². The lowest BCUT2D eigenvalue weighted by atomic mass is 9.73. The largest absolute Gasteiger partial charge is 0.465 e. The molecule has 0 bridgehead atoms. The van der Waals surface area contributed by atoms with Gasteiger partial charge in [-0.25, -0.2) is 18.4 Å². The number of hydrogen-bond donors (Lipinski definition) is 6. The molecule has 89 heavy (non-hydrogen) atoms. The number of methoxy groups -OCH3 is 2. The van der Waals surface area contributed by atoms with E-state index in [1.165, 1.54) is 50.6 Å². The second-order valence-electron chi connectivity index (χ2n) is 22.5. The Hall–Kier alpha value is -7.55. The lowest BCUT2D eigenvalue weighted by molar-refractivity contribution is -0.385. The van der Waals surface area contributed by atoms with Crippen LogP contribution in [0.5, 0.6) is 0 Å². The number of fused-ring (bicyclic) bond motifs is 4. The first-order valence-electron chi connectivity index (χ1n) is 28.1. The number of aliphatic hydroxyl groups is 2. The average Bonchev–Trinajstić information content (AvgIpc) is 1.58. The predicted octanol–water partition coefficient (Wildman–Crippen LogP) is 9.67. The van der Waals surface area contributed by atoms with Gasteiger partial charge in [0.05, 0.1) is 70.1 Å². The van der Waals surface area contributed by atoms with Crippen molar-refractivity contribution >= 4 is 99.2 Å². The number of aldehydes is 1. The van der Waals surface area contributed by atoms with Crippen LogP contribution in [0.2, 0.25) is 20.1 Å². The van der Waals surface area contributed by atoms with E-state index >= 15 is 8.78 Å². The maximum absolute atomic E-state index is 16.0. The number of ether oxygens (including phenoxy) is 2. The van der Waals surface area contributed by atoms with E-state index in [9.17, 15) is 54.4 Å². The number of carbonyl (C=O) groups excluding carboxylic acids is 5. The lowest BCUT2D eigenvalue weighted by Crippen LogP contribution is -2.53. The first kappa shape index (κ1) is 64.4. The normalized spacial score (nSPS) is 24.0. The van der Waals surface area contributed by atoms with E-state index in [-0.39, 0.29) is 80.7 Å². The topological polar surface area (TPSA) is 299 Å². The molecule has 2 aliphatic carbocycles. The second-order valence-corrected chi connectivity index (χ2v) is 24.2. The van der Waals surface area contributed by atoms with Crippen molar-refractivity contribution in [2.75, 3.05) is 51.2 Å². The summed E-state index contributed by atoms with van der Waals surface area (Å²) in [4.78, 5) is 86.7. The van der Waals surface area contributed by atoms with Crippen molar-refractivity contribution in [3.8, 4) is 0 Å². The van der Waals surface area contributed by atoms with E-state index < -0.39 is 92.1 Å². The molecule has 2 saturated carbocycles. The van der Waals surface area contributed by atoms with Crippen LogP contribution in [0, 0.1) is 43.7 Å². The van der Waals surface area contributed by atoms with Crippen molar-refractivity contribution in [1.29, 1.82) is 0 Å². The van der Waals surface area contributed by atoms with Gasteiger partial charge in [-0.1, -0.05) is 88.9 Å². The Morgan fingerprint density at radius 2 is 1.15 bits per heavy atom. The number of halogens is 6. The summed E-state index contributed by atoms with van der Waals surface area (Å²) in [6.45, 7) is 0.369. The number of nitrogens with two attached hydrogens (primary N) is 1. The fourth-order valence-corrected chi connectivity index (χ4v) is 13.9. The molecule has 2 saturated heterocycles. The first-order valence-corrected chi connectivity index (χ1v) is 29.6. The van der Waals surface area contributed by atoms with E-state index in [0.717, 1.165) is 37.8 Å². The van der Waals surface area contributed by atoms with Crippen LogP contribution < -0.4 is 21.7 Å². The summed E-state index contributed by atoms with van der Waals surface area (Å²) in [6, 6.07) is 24.5. The lowest BCUT2D eigenvalue weighted by Gasteiger charge is -2.39. The third kappa shape index (κ3) is 11.7. The van der Waals surface area contributed by atoms with Crippen molar-refractivity contribution < 1.29 is 62.3 Å². The number of aliphatic hydroxyl groups excluding tert-OH is 2. The molecule has 4 fully saturated rings. The molecule has 0 aromatic heterocycles. The van der Waals surface area contributed by atoms with E-state index in [1.54, 1.807) is 60.7 Å². The maximum atomic E-state index is 16.0. The maximum Gasteiger partial charge on any atom is 0.338 e. The van der Waals surface area contributed by atoms with Gasteiger partial charge < -0.3 is 41.4 Å². The van der Waals surface area contributed by atoms with Gasteiger partial charge in [-0.05, 0) is 103 Å². The molecule has 12 rings (SSSR count). The molecule has 466 valence electrons. The number of hydrogen-bond acceptors (Lipinski definition) is 17. The summed E-state index contributed by atoms with van der Waals surface area (Å²) >= 11 is 24.9. The molecule has 6 aromatic rings. The Bertz CT molecular complexity index is 3840. The number of amides is 2. The number of nitrogens with one attached hydrogen (secondary N) is 3. The van der Waals surface area contributed by atoms with E-state index in [4.69, 9.17) is 56.9 Å². The molecule has 0 unspecified atom stereocenters. The number of benzene rings is 6. The van der Waals surface area contributed by atoms with Gasteiger partial charge in [0.2, 0.25) is 11.8 Å². The minimum atomic E-state index is -1.46. The molecule has 8 atom stereocenters. The second kappa shape index (κ2) is 26.1. The summed E-state index contributed by atoms with van der Waals surface area (Å²) in [7, 11) is 2.35. The fraction of sp³-hybridized carbons (Fsp3) is 0.339. The molecule has 27 heteroatoms. The molecule has 4 heterocycles. The minimum Gasteiger partial charge on any atom is -0.465 e. The zero-order chi connectivity index (χ0) is 64.0. The third-order valence-electron chi connectivity index (χ3n) is 17.5. The highest BCUT2D eigenvalue weighted by atomic mass is 35.5. The van der Waals surface area contributed by atoms with Crippen LogP contribution >= 0.6 is 46.4 Å². The smallest absolute Gasteiger partial charge is 0.338 e. The van der Waals surface area contributed by atoms with Crippen molar-refractivity contribution in [2.24, 2.45) is 17.6 Å². The number of nitro groups is 2. The molecular formula is C62H58Cl4F2N8O13. The van der Waals surface area contributed by atoms with Gasteiger partial charge in [0.15, 0.2) is 6.29 Å². The van der Waals surface area contributed by atoms with Gasteiger partial charge in [-0.3, -0.25) is 44.4 Å². The highest BCUT2D eigenvalue weighted by Crippen LogP contribution is 2.60. The fourth-order valence-electron chi connectivity index (χ4n) is 13.2. The van der Waals surface area contributed by atoms with Crippen LogP contribution in [0.1, 0.15) is 96.4 Å². The molecule has 7 N–H and O–H groups in total. The summed E-state index contributed by atoms with van der Waals surface area (Å²) in [6.07, 6.45) is 4.38. The van der Waals surface area contributed by atoms with Crippen molar-refractivity contribution in [3.63, 3.8) is 0 Å². The summed E-state index contributed by atoms with van der Waals surface area (Å²) in [5.74, 6) is -4.30. The highest BCUT2D eigenvalue weighted by molar-refractivity contribution is 6.32. The Morgan fingerprint density at radius 3 is 1.61 bits per heavy atom. The Labute approximate surface area is 527 Å². The molecule has 6 aliphatic rings. The molecular weight excluding hydrogens is 1240 g/mol. The Kier molecular flexibility index (Phi) is 18.9. The number of likely N-dealkylation sites (tertiary alicyclic amines) is 2. The minimum absolute atomic E-state index is 0.0170. The molecule has 2 spiro atoms. The van der Waals surface area contributed by atoms with Crippen LogP contribution in [-0.2, 0) is 36.7 Å². The quantitative estimate of drug-likeness (QED) is 0.0227. The van der Waals surface area contributed by atoms with Crippen LogP contribution in [0.3, 0.4) is 0 Å². The van der Waals surface area contributed by atoms with Gasteiger partial charge in [0.25, 0.3) is 11.4 Å². The van der Waals surface area contributed by atoms with Gasteiger partial charge >= 0.3 is 11.9 Å². The van der Waals surface area contributed by atoms with Crippen LogP contribution in [0.4, 0.5) is 31.5 Å². The monoisotopic (exact) mass is 1300 g/mol. The van der Waals surface area contributed by atoms with Crippen molar-refractivity contribution in [2.45, 2.75) is 79.3 Å². The Morgan fingerprint density at radius 1 is 0.685 bits per heavy atom.